The van der Waals surface area contributed by atoms with E-state index in [-0.39, 0.29) is 0 Å². The van der Waals surface area contributed by atoms with Gasteiger partial charge in [-0.25, -0.2) is 9.97 Å². The molecule has 3 heterocycles. The van der Waals surface area contributed by atoms with E-state index >= 15 is 0 Å². The summed E-state index contributed by atoms with van der Waals surface area (Å²) in [5, 5.41) is 14.2. The maximum atomic E-state index is 4.53. The molecule has 2 unspecified atom stereocenters. The lowest BCUT2D eigenvalue weighted by molar-refractivity contribution is 0.558. The maximum Gasteiger partial charge on any atom is 0.149 e. The Kier molecular flexibility index (Phi) is 6.52. The lowest BCUT2D eigenvalue weighted by Crippen LogP contribution is -2.26. The number of fused-ring (bicyclic) bond motifs is 2. The molecule has 0 saturated carbocycles. The van der Waals surface area contributed by atoms with Crippen molar-refractivity contribution in [3.8, 4) is 0 Å². The number of aromatic nitrogens is 2. The molecule has 0 aromatic carbocycles. The minimum absolute atomic E-state index is 0.504. The van der Waals surface area contributed by atoms with Crippen LogP contribution in [0, 0.1) is 11.8 Å². The normalized spacial score (nSPS) is 20.8. The number of nitrogens with one attached hydrogen (secondary N) is 4. The Balaban J connectivity index is 1.81. The molecule has 1 aliphatic heterocycles. The van der Waals surface area contributed by atoms with Gasteiger partial charge in [0, 0.05) is 38.6 Å². The van der Waals surface area contributed by atoms with E-state index in [0.29, 0.717) is 11.8 Å². The second-order valence-electron chi connectivity index (χ2n) is 6.87. The molecule has 0 amide bonds. The van der Waals surface area contributed by atoms with Gasteiger partial charge in [-0.1, -0.05) is 13.8 Å². The Labute approximate surface area is 156 Å². The van der Waals surface area contributed by atoms with Crippen LogP contribution in [0.4, 0.5) is 23.0 Å². The predicted molar refractivity (Wildman–Crippen MR) is 110 cm³/mol. The zero-order valence-corrected chi connectivity index (χ0v) is 15.8. The molecule has 0 saturated heterocycles. The van der Waals surface area contributed by atoms with E-state index in [0.717, 1.165) is 62.0 Å². The molecule has 2 aromatic heterocycles. The average Bonchev–Trinajstić information content (AvgIpc) is 2.69. The first-order valence-electron chi connectivity index (χ1n) is 9.65. The SMILES string of the molecule is CCC1CNc2cccnc2NCC(CC)CNc2cccnc2NC1. The fourth-order valence-corrected chi connectivity index (χ4v) is 3.09. The molecule has 3 rings (SSSR count). The molecule has 140 valence electrons. The fourth-order valence-electron chi connectivity index (χ4n) is 3.09. The minimum Gasteiger partial charge on any atom is -0.382 e. The van der Waals surface area contributed by atoms with Crippen molar-refractivity contribution in [2.75, 3.05) is 47.4 Å². The number of anilines is 4. The highest BCUT2D eigenvalue weighted by molar-refractivity contribution is 5.65. The molecular formula is C20H30N6. The lowest BCUT2D eigenvalue weighted by Gasteiger charge is -2.23. The van der Waals surface area contributed by atoms with E-state index in [2.05, 4.69) is 57.2 Å². The number of pyridine rings is 2. The molecule has 0 spiro atoms. The van der Waals surface area contributed by atoms with Crippen molar-refractivity contribution in [2.45, 2.75) is 26.7 Å². The standard InChI is InChI=1S/C20H30N6/c1-3-15-11-23-17-7-5-10-22-20(17)26-14-16(4-2)12-24-18-8-6-9-21-19(18)25-13-15/h5-10,15-16,23-24H,3-4,11-14H2,1-2H3,(H,21,25)(H,22,26). The third-order valence-electron chi connectivity index (χ3n) is 5.05. The van der Waals surface area contributed by atoms with Gasteiger partial charge in [0.2, 0.25) is 0 Å². The van der Waals surface area contributed by atoms with Gasteiger partial charge in [-0.15, -0.1) is 0 Å². The first-order chi connectivity index (χ1) is 12.8. The van der Waals surface area contributed by atoms with Gasteiger partial charge in [-0.3, -0.25) is 0 Å². The topological polar surface area (TPSA) is 73.9 Å². The van der Waals surface area contributed by atoms with Crippen molar-refractivity contribution in [1.29, 1.82) is 0 Å². The predicted octanol–water partition coefficient (Wildman–Crippen LogP) is 3.89. The first kappa shape index (κ1) is 18.3. The maximum absolute atomic E-state index is 4.53. The summed E-state index contributed by atoms with van der Waals surface area (Å²) in [4.78, 5) is 9.05. The van der Waals surface area contributed by atoms with E-state index < -0.39 is 0 Å². The number of rotatable bonds is 2. The average molecular weight is 355 g/mol. The highest BCUT2D eigenvalue weighted by atomic mass is 15.1. The summed E-state index contributed by atoms with van der Waals surface area (Å²) in [6.45, 7) is 8.02. The van der Waals surface area contributed by atoms with Crippen LogP contribution >= 0.6 is 0 Å². The molecule has 4 N–H and O–H groups in total. The Bertz CT molecular complexity index is 576. The van der Waals surface area contributed by atoms with Crippen LogP contribution < -0.4 is 21.3 Å². The van der Waals surface area contributed by atoms with Crippen LogP contribution in [0.15, 0.2) is 36.7 Å². The van der Waals surface area contributed by atoms with E-state index in [4.69, 9.17) is 0 Å². The Morgan fingerprint density at radius 1 is 0.731 bits per heavy atom. The van der Waals surface area contributed by atoms with E-state index in [9.17, 15) is 0 Å². The zero-order chi connectivity index (χ0) is 18.2. The molecular weight excluding hydrogens is 324 g/mol. The summed E-state index contributed by atoms with van der Waals surface area (Å²) in [6, 6.07) is 8.15. The summed E-state index contributed by atoms with van der Waals surface area (Å²) in [7, 11) is 0. The molecule has 26 heavy (non-hydrogen) atoms. The van der Waals surface area contributed by atoms with Gasteiger partial charge in [0.1, 0.15) is 11.6 Å². The third kappa shape index (κ3) is 4.77. The van der Waals surface area contributed by atoms with Crippen molar-refractivity contribution in [1.82, 2.24) is 9.97 Å². The number of hydrogen-bond donors (Lipinski definition) is 4. The second kappa shape index (κ2) is 9.27. The molecule has 2 aromatic rings. The summed E-state index contributed by atoms with van der Waals surface area (Å²) in [5.74, 6) is 2.88. The highest BCUT2D eigenvalue weighted by Gasteiger charge is 2.14. The minimum atomic E-state index is 0.504. The first-order valence-corrected chi connectivity index (χ1v) is 9.65. The molecule has 6 heteroatoms. The highest BCUT2D eigenvalue weighted by Crippen LogP contribution is 2.23. The van der Waals surface area contributed by atoms with Crippen molar-refractivity contribution >= 4 is 23.0 Å². The molecule has 0 aliphatic carbocycles. The molecule has 0 bridgehead atoms. The largest absolute Gasteiger partial charge is 0.382 e. The molecule has 2 atom stereocenters. The van der Waals surface area contributed by atoms with Gasteiger partial charge < -0.3 is 21.3 Å². The van der Waals surface area contributed by atoms with Crippen LogP contribution in [0.3, 0.4) is 0 Å². The summed E-state index contributed by atoms with van der Waals surface area (Å²) in [5.41, 5.74) is 2.15. The van der Waals surface area contributed by atoms with Crippen molar-refractivity contribution in [2.24, 2.45) is 11.8 Å². The second-order valence-corrected chi connectivity index (χ2v) is 6.87. The molecule has 6 nitrogen and oxygen atoms in total. The zero-order valence-electron chi connectivity index (χ0n) is 15.8. The van der Waals surface area contributed by atoms with Gasteiger partial charge in [0.25, 0.3) is 0 Å². The molecule has 0 radical (unpaired) electrons. The van der Waals surface area contributed by atoms with Crippen molar-refractivity contribution in [3.05, 3.63) is 36.7 Å². The monoisotopic (exact) mass is 354 g/mol. The van der Waals surface area contributed by atoms with Crippen LogP contribution in [0.5, 0.6) is 0 Å². The Hall–Kier alpha value is -2.50. The van der Waals surface area contributed by atoms with Crippen LogP contribution in [0.2, 0.25) is 0 Å². The van der Waals surface area contributed by atoms with Crippen LogP contribution in [0.25, 0.3) is 0 Å². The quantitative estimate of drug-likeness (QED) is 0.656. The van der Waals surface area contributed by atoms with E-state index in [1.54, 1.807) is 0 Å². The van der Waals surface area contributed by atoms with E-state index in [1.807, 2.05) is 24.5 Å². The summed E-state index contributed by atoms with van der Waals surface area (Å²) < 4.78 is 0. The number of nitrogens with zero attached hydrogens (tertiary/aromatic N) is 2. The van der Waals surface area contributed by atoms with Gasteiger partial charge >= 0.3 is 0 Å². The smallest absolute Gasteiger partial charge is 0.149 e. The van der Waals surface area contributed by atoms with Crippen LogP contribution in [0.1, 0.15) is 26.7 Å². The van der Waals surface area contributed by atoms with Gasteiger partial charge in [0.05, 0.1) is 11.4 Å². The van der Waals surface area contributed by atoms with Crippen molar-refractivity contribution in [3.63, 3.8) is 0 Å². The van der Waals surface area contributed by atoms with Gasteiger partial charge in [-0.05, 0) is 48.9 Å². The number of hydrogen-bond acceptors (Lipinski definition) is 6. The van der Waals surface area contributed by atoms with Crippen LogP contribution in [-0.2, 0) is 0 Å². The van der Waals surface area contributed by atoms with Crippen molar-refractivity contribution < 1.29 is 0 Å². The third-order valence-corrected chi connectivity index (χ3v) is 5.05. The summed E-state index contributed by atoms with van der Waals surface area (Å²) in [6.07, 6.45) is 5.88. The fraction of sp³-hybridized carbons (Fsp3) is 0.500. The lowest BCUT2D eigenvalue weighted by atomic mass is 10.1. The summed E-state index contributed by atoms with van der Waals surface area (Å²) >= 11 is 0. The molecule has 0 fully saturated rings. The van der Waals surface area contributed by atoms with Gasteiger partial charge in [0.15, 0.2) is 0 Å². The Morgan fingerprint density at radius 2 is 1.15 bits per heavy atom. The Morgan fingerprint density at radius 3 is 1.58 bits per heavy atom. The molecule has 1 aliphatic rings. The van der Waals surface area contributed by atoms with E-state index in [1.165, 1.54) is 0 Å². The van der Waals surface area contributed by atoms with Gasteiger partial charge in [-0.2, -0.15) is 0 Å². The van der Waals surface area contributed by atoms with Crippen LogP contribution in [-0.4, -0.2) is 36.1 Å².